The van der Waals surface area contributed by atoms with Crippen LogP contribution in [0.5, 0.6) is 0 Å². The molecule has 0 heterocycles. The fraction of sp³-hybridized carbons (Fsp3) is 0.111. The Kier molecular flexibility index (Phi) is 3.28. The van der Waals surface area contributed by atoms with Crippen LogP contribution in [0.1, 0.15) is 12.5 Å². The maximum absolute atomic E-state index is 12.9. The number of carbonyl (C=O) groups excluding carboxylic acids is 1. The lowest BCUT2D eigenvalue weighted by atomic mass is 10.2. The van der Waals surface area contributed by atoms with Crippen molar-refractivity contribution < 1.29 is 13.6 Å². The predicted octanol–water partition coefficient (Wildman–Crippen LogP) is 1.43. The van der Waals surface area contributed by atoms with Crippen molar-refractivity contribution in [2.45, 2.75) is 6.92 Å². The fourth-order valence-electron chi connectivity index (χ4n) is 0.813. The number of nitrogens with one attached hydrogen (secondary N) is 1. The van der Waals surface area contributed by atoms with Crippen molar-refractivity contribution in [2.24, 2.45) is 5.10 Å². The summed E-state index contributed by atoms with van der Waals surface area (Å²) in [6.45, 7) is 1.26. The minimum absolute atomic E-state index is 0.0150. The van der Waals surface area contributed by atoms with Gasteiger partial charge in [-0.1, -0.05) is 12.1 Å². The standard InChI is InChI=1S/C9H8F2N2O/c1-6(14)13-12-5-7-3-2-4-8(10)9(7)11/h2-5H,1H3,(H,13,14)/b12-5+. The van der Waals surface area contributed by atoms with Gasteiger partial charge in [0.1, 0.15) is 0 Å². The fourth-order valence-corrected chi connectivity index (χ4v) is 0.813. The van der Waals surface area contributed by atoms with Crippen LogP contribution in [-0.2, 0) is 4.79 Å². The smallest absolute Gasteiger partial charge is 0.236 e. The SMILES string of the molecule is CC(=O)N/N=C/c1cccc(F)c1F. The third-order valence-electron chi connectivity index (χ3n) is 1.41. The first kappa shape index (κ1) is 10.3. The maximum atomic E-state index is 12.9. The Balaban J connectivity index is 2.81. The van der Waals surface area contributed by atoms with E-state index in [1.165, 1.54) is 19.1 Å². The summed E-state index contributed by atoms with van der Waals surface area (Å²) in [5, 5.41) is 3.41. The molecular weight excluding hydrogens is 190 g/mol. The molecule has 1 N–H and O–H groups in total. The van der Waals surface area contributed by atoms with Crippen LogP contribution in [0, 0.1) is 11.6 Å². The second-order valence-electron chi connectivity index (χ2n) is 2.57. The molecule has 3 nitrogen and oxygen atoms in total. The number of halogens is 2. The molecule has 0 unspecified atom stereocenters. The van der Waals surface area contributed by atoms with Crippen LogP contribution >= 0.6 is 0 Å². The van der Waals surface area contributed by atoms with Crippen LogP contribution in [0.4, 0.5) is 8.78 Å². The van der Waals surface area contributed by atoms with E-state index >= 15 is 0 Å². The van der Waals surface area contributed by atoms with Crippen molar-refractivity contribution in [1.82, 2.24) is 5.43 Å². The molecule has 1 rings (SSSR count). The van der Waals surface area contributed by atoms with Gasteiger partial charge in [-0.15, -0.1) is 0 Å². The highest BCUT2D eigenvalue weighted by Crippen LogP contribution is 2.08. The van der Waals surface area contributed by atoms with Gasteiger partial charge in [-0.25, -0.2) is 14.2 Å². The molecule has 0 fully saturated rings. The predicted molar refractivity (Wildman–Crippen MR) is 47.8 cm³/mol. The first-order valence-electron chi connectivity index (χ1n) is 3.85. The molecule has 0 radical (unpaired) electrons. The van der Waals surface area contributed by atoms with Crippen LogP contribution < -0.4 is 5.43 Å². The summed E-state index contributed by atoms with van der Waals surface area (Å²) < 4.78 is 25.6. The third kappa shape index (κ3) is 2.62. The van der Waals surface area contributed by atoms with E-state index in [-0.39, 0.29) is 11.5 Å². The molecule has 0 saturated carbocycles. The molecule has 0 aromatic heterocycles. The van der Waals surface area contributed by atoms with E-state index in [9.17, 15) is 13.6 Å². The first-order chi connectivity index (χ1) is 6.61. The molecular formula is C9H8F2N2O. The highest BCUT2D eigenvalue weighted by Gasteiger charge is 2.04. The summed E-state index contributed by atoms with van der Waals surface area (Å²) in [7, 11) is 0. The average Bonchev–Trinajstić information content (AvgIpc) is 2.12. The first-order valence-corrected chi connectivity index (χ1v) is 3.85. The lowest BCUT2D eigenvalue weighted by Crippen LogP contribution is -2.12. The van der Waals surface area contributed by atoms with Crippen LogP contribution in [0.3, 0.4) is 0 Å². The van der Waals surface area contributed by atoms with Gasteiger partial charge in [0.05, 0.1) is 6.21 Å². The lowest BCUT2D eigenvalue weighted by Gasteiger charge is -1.96. The van der Waals surface area contributed by atoms with Gasteiger partial charge < -0.3 is 0 Å². The van der Waals surface area contributed by atoms with Gasteiger partial charge in [0.2, 0.25) is 5.91 Å². The van der Waals surface area contributed by atoms with Crippen molar-refractivity contribution >= 4 is 12.1 Å². The van der Waals surface area contributed by atoms with Crippen molar-refractivity contribution in [2.75, 3.05) is 0 Å². The number of rotatable bonds is 2. The summed E-state index contributed by atoms with van der Waals surface area (Å²) in [6, 6.07) is 3.71. The summed E-state index contributed by atoms with van der Waals surface area (Å²) in [6.07, 6.45) is 1.04. The van der Waals surface area contributed by atoms with Crippen LogP contribution in [0.25, 0.3) is 0 Å². The van der Waals surface area contributed by atoms with Gasteiger partial charge >= 0.3 is 0 Å². The molecule has 1 aromatic rings. The Labute approximate surface area is 79.4 Å². The zero-order chi connectivity index (χ0) is 10.6. The van der Waals surface area contributed by atoms with E-state index in [2.05, 4.69) is 10.5 Å². The van der Waals surface area contributed by atoms with Crippen LogP contribution in [-0.4, -0.2) is 12.1 Å². The Morgan fingerprint density at radius 3 is 2.86 bits per heavy atom. The summed E-state index contributed by atoms with van der Waals surface area (Å²) in [5.41, 5.74) is 2.07. The molecule has 0 aliphatic carbocycles. The molecule has 0 atom stereocenters. The molecule has 0 aliphatic rings. The van der Waals surface area contributed by atoms with Gasteiger partial charge in [-0.05, 0) is 6.07 Å². The zero-order valence-electron chi connectivity index (χ0n) is 7.42. The summed E-state index contributed by atoms with van der Waals surface area (Å²) >= 11 is 0. The Bertz CT molecular complexity index is 377. The summed E-state index contributed by atoms with van der Waals surface area (Å²) in [4.78, 5) is 10.4. The largest absolute Gasteiger partial charge is 0.274 e. The van der Waals surface area contributed by atoms with Gasteiger partial charge in [0.25, 0.3) is 0 Å². The third-order valence-corrected chi connectivity index (χ3v) is 1.41. The Morgan fingerprint density at radius 2 is 2.21 bits per heavy atom. The Hall–Kier alpha value is -1.78. The van der Waals surface area contributed by atoms with E-state index in [4.69, 9.17) is 0 Å². The normalized spacial score (nSPS) is 10.5. The van der Waals surface area contributed by atoms with Crippen molar-refractivity contribution in [3.8, 4) is 0 Å². The highest BCUT2D eigenvalue weighted by atomic mass is 19.2. The van der Waals surface area contributed by atoms with Gasteiger partial charge in [-0.2, -0.15) is 5.10 Å². The molecule has 1 aromatic carbocycles. The number of hydrogen-bond acceptors (Lipinski definition) is 2. The molecule has 0 saturated heterocycles. The summed E-state index contributed by atoms with van der Waals surface area (Å²) in [5.74, 6) is -2.31. The van der Waals surface area contributed by atoms with E-state index in [1.54, 1.807) is 0 Å². The molecule has 14 heavy (non-hydrogen) atoms. The molecule has 0 aliphatic heterocycles. The highest BCUT2D eigenvalue weighted by molar-refractivity contribution is 5.81. The van der Waals surface area contributed by atoms with Gasteiger partial charge in [0, 0.05) is 12.5 Å². The molecule has 74 valence electrons. The average molecular weight is 198 g/mol. The topological polar surface area (TPSA) is 41.5 Å². The number of benzene rings is 1. The van der Waals surface area contributed by atoms with Gasteiger partial charge in [-0.3, -0.25) is 4.79 Å². The zero-order valence-corrected chi connectivity index (χ0v) is 7.42. The number of carbonyl (C=O) groups is 1. The van der Waals surface area contributed by atoms with E-state index in [1.807, 2.05) is 0 Å². The lowest BCUT2D eigenvalue weighted by molar-refractivity contribution is -0.118. The molecule has 1 amide bonds. The quantitative estimate of drug-likeness (QED) is 0.567. The van der Waals surface area contributed by atoms with Crippen molar-refractivity contribution in [3.63, 3.8) is 0 Å². The minimum Gasteiger partial charge on any atom is -0.274 e. The van der Waals surface area contributed by atoms with Crippen LogP contribution in [0.15, 0.2) is 23.3 Å². The number of amides is 1. The van der Waals surface area contributed by atoms with E-state index < -0.39 is 11.6 Å². The van der Waals surface area contributed by atoms with E-state index in [0.29, 0.717) is 0 Å². The molecule has 5 heteroatoms. The Morgan fingerprint density at radius 1 is 1.50 bits per heavy atom. The van der Waals surface area contributed by atoms with E-state index in [0.717, 1.165) is 12.3 Å². The maximum Gasteiger partial charge on any atom is 0.236 e. The monoisotopic (exact) mass is 198 g/mol. The van der Waals surface area contributed by atoms with Crippen LogP contribution in [0.2, 0.25) is 0 Å². The second kappa shape index (κ2) is 4.45. The second-order valence-corrected chi connectivity index (χ2v) is 2.57. The minimum atomic E-state index is -0.985. The molecule has 0 spiro atoms. The van der Waals surface area contributed by atoms with Crippen molar-refractivity contribution in [3.05, 3.63) is 35.4 Å². The van der Waals surface area contributed by atoms with Gasteiger partial charge in [0.15, 0.2) is 11.6 Å². The number of hydrogen-bond donors (Lipinski definition) is 1. The number of nitrogens with zero attached hydrogens (tertiary/aromatic N) is 1. The molecule has 0 bridgehead atoms. The number of hydrazone groups is 1. The van der Waals surface area contributed by atoms with Crippen molar-refractivity contribution in [1.29, 1.82) is 0 Å².